The Hall–Kier alpha value is -0.860. The zero-order valence-electron chi connectivity index (χ0n) is 19.3. The second-order valence-electron chi connectivity index (χ2n) is 8.60. The molecule has 0 aliphatic heterocycles. The third kappa shape index (κ3) is 11.9. The Morgan fingerprint density at radius 3 is 1.93 bits per heavy atom. The number of benzene rings is 1. The van der Waals surface area contributed by atoms with E-state index in [1.807, 2.05) is 23.5 Å². The van der Waals surface area contributed by atoms with Crippen LogP contribution in [0.25, 0.3) is 0 Å². The number of thioether (sulfide) groups is 2. The molecule has 0 aliphatic carbocycles. The Morgan fingerprint density at radius 2 is 1.36 bits per heavy atom. The first-order chi connectivity index (χ1) is 13.1. The monoisotopic (exact) mass is 416 g/mol. The molecule has 0 atom stereocenters. The van der Waals surface area contributed by atoms with Gasteiger partial charge in [-0.25, -0.2) is 0 Å². The van der Waals surface area contributed by atoms with Crippen molar-refractivity contribution in [2.75, 3.05) is 5.75 Å². The van der Waals surface area contributed by atoms with Crippen LogP contribution in [0.1, 0.15) is 78.4 Å². The van der Waals surface area contributed by atoms with E-state index in [9.17, 15) is 0 Å². The molecule has 0 saturated carbocycles. The van der Waals surface area contributed by atoms with Crippen LogP contribution in [0.15, 0.2) is 58.0 Å². The molecule has 2 heteroatoms. The van der Waals surface area contributed by atoms with E-state index in [1.165, 1.54) is 52.0 Å². The minimum Gasteiger partial charge on any atom is -0.140 e. The predicted octanol–water partition coefficient (Wildman–Crippen LogP) is 9.28. The first-order valence-corrected chi connectivity index (χ1v) is 12.2. The average Bonchev–Trinajstić information content (AvgIpc) is 2.52. The van der Waals surface area contributed by atoms with Crippen molar-refractivity contribution in [3.8, 4) is 0 Å². The van der Waals surface area contributed by atoms with Gasteiger partial charge in [0.1, 0.15) is 0 Å². The fourth-order valence-electron chi connectivity index (χ4n) is 3.03. The molecule has 1 rings (SSSR count). The van der Waals surface area contributed by atoms with Crippen LogP contribution < -0.4 is 0 Å². The molecular weight excluding hydrogens is 376 g/mol. The van der Waals surface area contributed by atoms with Crippen molar-refractivity contribution < 1.29 is 0 Å². The van der Waals surface area contributed by atoms with Gasteiger partial charge >= 0.3 is 0 Å². The maximum Gasteiger partial charge on any atom is 0.0605 e. The maximum absolute atomic E-state index is 2.42. The standard InChI is InChI=1S/C26H40S2/c1-20(2)11-9-12-21(3)13-10-14-22(4)15-16-27-26(7,8)28-25-18-23(5)17-24(6)19-25/h11,13,15,17-19H,9-10,12,14,16H2,1-8H3/b21-13+,22-15+. The fourth-order valence-corrected chi connectivity index (χ4v) is 5.58. The van der Waals surface area contributed by atoms with E-state index >= 15 is 0 Å². The number of aryl methyl sites for hydroxylation is 2. The van der Waals surface area contributed by atoms with Crippen molar-refractivity contribution in [3.63, 3.8) is 0 Å². The third-order valence-corrected chi connectivity index (χ3v) is 7.14. The van der Waals surface area contributed by atoms with Crippen LogP contribution in [0, 0.1) is 13.8 Å². The molecule has 0 saturated heterocycles. The maximum atomic E-state index is 2.42. The van der Waals surface area contributed by atoms with Gasteiger partial charge in [-0.3, -0.25) is 0 Å². The predicted molar refractivity (Wildman–Crippen MR) is 134 cm³/mol. The zero-order chi connectivity index (χ0) is 21.2. The molecule has 0 spiro atoms. The van der Waals surface area contributed by atoms with E-state index in [2.05, 4.69) is 91.8 Å². The molecule has 1 aromatic carbocycles. The van der Waals surface area contributed by atoms with Gasteiger partial charge in [0.05, 0.1) is 4.08 Å². The lowest BCUT2D eigenvalue weighted by Gasteiger charge is -2.23. The molecular formula is C26H40S2. The summed E-state index contributed by atoms with van der Waals surface area (Å²) in [4.78, 5) is 1.38. The van der Waals surface area contributed by atoms with Crippen LogP contribution >= 0.6 is 23.5 Å². The summed E-state index contributed by atoms with van der Waals surface area (Å²) in [7, 11) is 0. The van der Waals surface area contributed by atoms with Crippen molar-refractivity contribution in [1.82, 2.24) is 0 Å². The average molecular weight is 417 g/mol. The van der Waals surface area contributed by atoms with Crippen molar-refractivity contribution in [2.45, 2.75) is 90.0 Å². The van der Waals surface area contributed by atoms with Crippen LogP contribution in [0.4, 0.5) is 0 Å². The molecule has 0 heterocycles. The lowest BCUT2D eigenvalue weighted by molar-refractivity contribution is 0.917. The molecule has 0 radical (unpaired) electrons. The van der Waals surface area contributed by atoms with E-state index < -0.39 is 0 Å². The zero-order valence-corrected chi connectivity index (χ0v) is 20.9. The Kier molecular flexibility index (Phi) is 11.4. The van der Waals surface area contributed by atoms with Crippen LogP contribution in [-0.4, -0.2) is 9.83 Å². The molecule has 1 aromatic rings. The number of hydrogen-bond donors (Lipinski definition) is 0. The molecule has 0 bridgehead atoms. The first-order valence-electron chi connectivity index (χ1n) is 10.4. The molecule has 0 aliphatic rings. The lowest BCUT2D eigenvalue weighted by Crippen LogP contribution is -2.09. The molecule has 0 unspecified atom stereocenters. The van der Waals surface area contributed by atoms with E-state index in [-0.39, 0.29) is 4.08 Å². The largest absolute Gasteiger partial charge is 0.140 e. The summed E-state index contributed by atoms with van der Waals surface area (Å²) in [5.41, 5.74) is 7.15. The summed E-state index contributed by atoms with van der Waals surface area (Å²) in [6, 6.07) is 6.84. The quantitative estimate of drug-likeness (QED) is 0.200. The van der Waals surface area contributed by atoms with Crippen LogP contribution in [0.3, 0.4) is 0 Å². The van der Waals surface area contributed by atoms with Gasteiger partial charge in [-0.2, -0.15) is 0 Å². The third-order valence-electron chi connectivity index (χ3n) is 4.54. The van der Waals surface area contributed by atoms with E-state index in [0.29, 0.717) is 0 Å². The molecule has 28 heavy (non-hydrogen) atoms. The summed E-state index contributed by atoms with van der Waals surface area (Å²) in [5, 5.41) is 0. The van der Waals surface area contributed by atoms with Crippen molar-refractivity contribution >= 4 is 23.5 Å². The number of hydrogen-bond acceptors (Lipinski definition) is 2. The van der Waals surface area contributed by atoms with Gasteiger partial charge < -0.3 is 0 Å². The van der Waals surface area contributed by atoms with Gasteiger partial charge in [0.2, 0.25) is 0 Å². The van der Waals surface area contributed by atoms with Crippen molar-refractivity contribution in [1.29, 1.82) is 0 Å². The van der Waals surface area contributed by atoms with Crippen LogP contribution in [-0.2, 0) is 0 Å². The minimum absolute atomic E-state index is 0.179. The summed E-state index contributed by atoms with van der Waals surface area (Å²) >= 11 is 4.01. The van der Waals surface area contributed by atoms with Crippen molar-refractivity contribution in [3.05, 3.63) is 64.3 Å². The molecule has 0 N–H and O–H groups in total. The molecule has 0 aromatic heterocycles. The van der Waals surface area contributed by atoms with E-state index in [0.717, 1.165) is 12.2 Å². The highest BCUT2D eigenvalue weighted by Crippen LogP contribution is 2.41. The summed E-state index contributed by atoms with van der Waals surface area (Å²) < 4.78 is 0.179. The first kappa shape index (κ1) is 25.2. The molecule has 0 amide bonds. The lowest BCUT2D eigenvalue weighted by atomic mass is 10.1. The smallest absolute Gasteiger partial charge is 0.0605 e. The fraction of sp³-hybridized carbons (Fsp3) is 0.538. The van der Waals surface area contributed by atoms with Crippen LogP contribution in [0.2, 0.25) is 0 Å². The van der Waals surface area contributed by atoms with Gasteiger partial charge in [-0.05, 0) is 104 Å². The number of allylic oxidation sites excluding steroid dienone is 5. The second kappa shape index (κ2) is 12.6. The molecule has 0 nitrogen and oxygen atoms in total. The van der Waals surface area contributed by atoms with E-state index in [4.69, 9.17) is 0 Å². The van der Waals surface area contributed by atoms with Crippen LogP contribution in [0.5, 0.6) is 0 Å². The number of rotatable bonds is 11. The van der Waals surface area contributed by atoms with Gasteiger partial charge in [0.25, 0.3) is 0 Å². The van der Waals surface area contributed by atoms with E-state index in [1.54, 1.807) is 0 Å². The summed E-state index contributed by atoms with van der Waals surface area (Å²) in [5.74, 6) is 1.08. The Balaban J connectivity index is 2.40. The van der Waals surface area contributed by atoms with Gasteiger partial charge in [-0.1, -0.05) is 41.0 Å². The second-order valence-corrected chi connectivity index (χ2v) is 12.2. The molecule has 156 valence electrons. The highest BCUT2D eigenvalue weighted by atomic mass is 32.2. The topological polar surface area (TPSA) is 0 Å². The molecule has 0 fully saturated rings. The summed E-state index contributed by atoms with van der Waals surface area (Å²) in [6.07, 6.45) is 11.9. The Labute approximate surface area is 183 Å². The summed E-state index contributed by atoms with van der Waals surface area (Å²) in [6.45, 7) is 17.9. The Bertz CT molecular complexity index is 681. The highest BCUT2D eigenvalue weighted by molar-refractivity contribution is 8.18. The SMILES string of the molecule is CC(C)=CCC/C(C)=C/CC/C(C)=C/CSC(C)(C)Sc1cc(C)cc(C)c1. The highest BCUT2D eigenvalue weighted by Gasteiger charge is 2.19. The Morgan fingerprint density at radius 1 is 0.821 bits per heavy atom. The van der Waals surface area contributed by atoms with Gasteiger partial charge in [0.15, 0.2) is 0 Å². The van der Waals surface area contributed by atoms with Gasteiger partial charge in [-0.15, -0.1) is 23.5 Å². The van der Waals surface area contributed by atoms with Crippen molar-refractivity contribution in [2.24, 2.45) is 0 Å². The minimum atomic E-state index is 0.179. The normalized spacial score (nSPS) is 13.0. The van der Waals surface area contributed by atoms with Gasteiger partial charge in [0, 0.05) is 10.6 Å².